The first-order valence-corrected chi connectivity index (χ1v) is 6.20. The molecule has 2 rings (SSSR count). The van der Waals surface area contributed by atoms with Gasteiger partial charge in [-0.2, -0.15) is 5.26 Å². The molecule has 5 heteroatoms. The molecule has 0 fully saturated rings. The van der Waals surface area contributed by atoms with E-state index < -0.39 is 5.82 Å². The van der Waals surface area contributed by atoms with Crippen molar-refractivity contribution in [1.82, 2.24) is 0 Å². The topological polar surface area (TPSA) is 53.2 Å². The smallest absolute Gasteiger partial charge is 0.144 e. The number of ether oxygens (including phenoxy) is 1. The third-order valence-electron chi connectivity index (χ3n) is 2.47. The van der Waals surface area contributed by atoms with Gasteiger partial charge in [0.1, 0.15) is 23.4 Å². The molecule has 0 aliphatic rings. The van der Waals surface area contributed by atoms with Gasteiger partial charge in [0.05, 0.1) is 16.6 Å². The molecule has 0 amide bonds. The summed E-state index contributed by atoms with van der Waals surface area (Å²) in [5, 5.41) is 17.6. The van der Waals surface area contributed by atoms with E-state index in [1.165, 1.54) is 12.1 Å². The third kappa shape index (κ3) is 3.11. The van der Waals surface area contributed by atoms with Crippen LogP contribution in [0.25, 0.3) is 0 Å². The van der Waals surface area contributed by atoms with Gasteiger partial charge in [-0.25, -0.2) is 4.39 Å². The Hall–Kier alpha value is -1.90. The van der Waals surface area contributed by atoms with Crippen molar-refractivity contribution in [3.63, 3.8) is 0 Å². The first-order valence-electron chi connectivity index (χ1n) is 5.41. The second-order valence-electron chi connectivity index (χ2n) is 3.78. The Morgan fingerprint density at radius 1 is 1.26 bits per heavy atom. The lowest BCUT2D eigenvalue weighted by Gasteiger charge is -2.09. The maximum absolute atomic E-state index is 13.4. The average Bonchev–Trinajstić information content (AvgIpc) is 2.41. The largest absolute Gasteiger partial charge is 0.456 e. The van der Waals surface area contributed by atoms with Gasteiger partial charge in [0, 0.05) is 6.07 Å². The number of nitriles is 1. The SMILES string of the molecule is N#Cc1ccc(Oc2ccc(CO)cc2Br)cc1F. The van der Waals surface area contributed by atoms with Crippen molar-refractivity contribution in [2.24, 2.45) is 0 Å². The summed E-state index contributed by atoms with van der Waals surface area (Å²) in [4.78, 5) is 0. The molecule has 1 N–H and O–H groups in total. The minimum absolute atomic E-state index is 0.0259. The van der Waals surface area contributed by atoms with Crippen LogP contribution in [0, 0.1) is 17.1 Å². The van der Waals surface area contributed by atoms with E-state index in [1.54, 1.807) is 24.3 Å². The minimum Gasteiger partial charge on any atom is -0.456 e. The van der Waals surface area contributed by atoms with Crippen LogP contribution in [0.15, 0.2) is 40.9 Å². The zero-order valence-corrected chi connectivity index (χ0v) is 11.3. The van der Waals surface area contributed by atoms with Crippen LogP contribution in [-0.2, 0) is 6.61 Å². The van der Waals surface area contributed by atoms with Crippen LogP contribution in [-0.4, -0.2) is 5.11 Å². The van der Waals surface area contributed by atoms with E-state index in [4.69, 9.17) is 15.1 Å². The van der Waals surface area contributed by atoms with Gasteiger partial charge in [0.2, 0.25) is 0 Å². The second kappa shape index (κ2) is 5.83. The highest BCUT2D eigenvalue weighted by Crippen LogP contribution is 2.31. The normalized spacial score (nSPS) is 10.0. The molecule has 0 aliphatic heterocycles. The lowest BCUT2D eigenvalue weighted by atomic mass is 10.2. The number of aliphatic hydroxyl groups is 1. The molecule has 0 saturated carbocycles. The predicted molar refractivity (Wildman–Crippen MR) is 71.3 cm³/mol. The fraction of sp³-hybridized carbons (Fsp3) is 0.0714. The maximum Gasteiger partial charge on any atom is 0.144 e. The molecule has 0 spiro atoms. The molecule has 0 radical (unpaired) electrons. The highest BCUT2D eigenvalue weighted by molar-refractivity contribution is 9.10. The number of halogens is 2. The van der Waals surface area contributed by atoms with Crippen LogP contribution in [0.4, 0.5) is 4.39 Å². The molecule has 3 nitrogen and oxygen atoms in total. The predicted octanol–water partition coefficient (Wildman–Crippen LogP) is 3.74. The minimum atomic E-state index is -0.622. The van der Waals surface area contributed by atoms with Gasteiger partial charge in [-0.1, -0.05) is 6.07 Å². The molecular weight excluding hydrogens is 313 g/mol. The standard InChI is InChI=1S/C14H9BrFNO2/c15-12-5-9(8-18)1-4-14(12)19-11-3-2-10(7-17)13(16)6-11/h1-6,18H,8H2. The van der Waals surface area contributed by atoms with Crippen molar-refractivity contribution in [1.29, 1.82) is 5.26 Å². The molecule has 0 aliphatic carbocycles. The molecule has 96 valence electrons. The highest BCUT2D eigenvalue weighted by atomic mass is 79.9. The molecule has 2 aromatic rings. The van der Waals surface area contributed by atoms with Crippen LogP contribution in [0.3, 0.4) is 0 Å². The van der Waals surface area contributed by atoms with Gasteiger partial charge >= 0.3 is 0 Å². The van der Waals surface area contributed by atoms with Crippen molar-refractivity contribution in [2.75, 3.05) is 0 Å². The Morgan fingerprint density at radius 2 is 2.05 bits per heavy atom. The monoisotopic (exact) mass is 321 g/mol. The van der Waals surface area contributed by atoms with Crippen molar-refractivity contribution < 1.29 is 14.2 Å². The molecule has 0 atom stereocenters. The molecule has 0 saturated heterocycles. The molecule has 0 bridgehead atoms. The molecule has 19 heavy (non-hydrogen) atoms. The fourth-order valence-corrected chi connectivity index (χ4v) is 2.01. The van der Waals surface area contributed by atoms with E-state index in [0.29, 0.717) is 16.0 Å². The van der Waals surface area contributed by atoms with Gasteiger partial charge in [0.25, 0.3) is 0 Å². The Morgan fingerprint density at radius 3 is 2.63 bits per heavy atom. The Kier molecular flexibility index (Phi) is 4.15. The Bertz CT molecular complexity index is 652. The fourth-order valence-electron chi connectivity index (χ4n) is 1.50. The number of benzene rings is 2. The summed E-state index contributed by atoms with van der Waals surface area (Å²) in [5.74, 6) is 0.179. The van der Waals surface area contributed by atoms with Crippen LogP contribution >= 0.6 is 15.9 Å². The summed E-state index contributed by atoms with van der Waals surface area (Å²) in [5.41, 5.74) is 0.715. The van der Waals surface area contributed by atoms with Gasteiger partial charge in [-0.3, -0.25) is 0 Å². The zero-order valence-electron chi connectivity index (χ0n) is 9.73. The number of hydrogen-bond donors (Lipinski definition) is 1. The van der Waals surface area contributed by atoms with Gasteiger partial charge in [-0.15, -0.1) is 0 Å². The number of nitrogens with zero attached hydrogens (tertiary/aromatic N) is 1. The van der Waals surface area contributed by atoms with Crippen molar-refractivity contribution in [3.05, 3.63) is 57.8 Å². The second-order valence-corrected chi connectivity index (χ2v) is 4.63. The average molecular weight is 322 g/mol. The van der Waals surface area contributed by atoms with Crippen LogP contribution in [0.1, 0.15) is 11.1 Å². The maximum atomic E-state index is 13.4. The lowest BCUT2D eigenvalue weighted by Crippen LogP contribution is -1.90. The summed E-state index contributed by atoms with van der Waals surface area (Å²) in [7, 11) is 0. The van der Waals surface area contributed by atoms with Crippen molar-refractivity contribution in [2.45, 2.75) is 6.61 Å². The van der Waals surface area contributed by atoms with Crippen LogP contribution in [0.5, 0.6) is 11.5 Å². The van der Waals surface area contributed by atoms with Crippen LogP contribution < -0.4 is 4.74 Å². The van der Waals surface area contributed by atoms with Crippen LogP contribution in [0.2, 0.25) is 0 Å². The number of rotatable bonds is 3. The quantitative estimate of drug-likeness (QED) is 0.936. The molecule has 2 aromatic carbocycles. The van der Waals surface area contributed by atoms with E-state index >= 15 is 0 Å². The van der Waals surface area contributed by atoms with E-state index in [1.807, 2.05) is 0 Å². The molecule has 0 aromatic heterocycles. The van der Waals surface area contributed by atoms with Gasteiger partial charge < -0.3 is 9.84 Å². The first-order chi connectivity index (χ1) is 9.13. The zero-order chi connectivity index (χ0) is 13.8. The van der Waals surface area contributed by atoms with Gasteiger partial charge in [0.15, 0.2) is 0 Å². The van der Waals surface area contributed by atoms with E-state index in [-0.39, 0.29) is 12.2 Å². The number of aliphatic hydroxyl groups excluding tert-OH is 1. The highest BCUT2D eigenvalue weighted by Gasteiger charge is 2.07. The summed E-state index contributed by atoms with van der Waals surface area (Å²) >= 11 is 3.31. The van der Waals surface area contributed by atoms with Crippen molar-refractivity contribution in [3.8, 4) is 17.6 Å². The van der Waals surface area contributed by atoms with Crippen molar-refractivity contribution >= 4 is 15.9 Å². The Balaban J connectivity index is 2.26. The summed E-state index contributed by atoms with van der Waals surface area (Å²) in [6, 6.07) is 10.9. The molecule has 0 heterocycles. The third-order valence-corrected chi connectivity index (χ3v) is 3.09. The van der Waals surface area contributed by atoms with E-state index in [9.17, 15) is 4.39 Å². The molecular formula is C14H9BrFNO2. The first kappa shape index (κ1) is 13.5. The summed E-state index contributed by atoms with van der Waals surface area (Å²) in [6.07, 6.45) is 0. The Labute approximate surface area is 118 Å². The van der Waals surface area contributed by atoms with E-state index in [0.717, 1.165) is 11.6 Å². The number of hydrogen-bond acceptors (Lipinski definition) is 3. The molecule has 0 unspecified atom stereocenters. The van der Waals surface area contributed by atoms with E-state index in [2.05, 4.69) is 15.9 Å². The van der Waals surface area contributed by atoms with Gasteiger partial charge in [-0.05, 0) is 45.8 Å². The lowest BCUT2D eigenvalue weighted by molar-refractivity contribution is 0.281. The summed E-state index contributed by atoms with van der Waals surface area (Å²) < 4.78 is 19.6. The summed E-state index contributed by atoms with van der Waals surface area (Å²) in [6.45, 7) is -0.0651.